The molecule has 9 nitrogen and oxygen atoms in total. The number of nitrogens with one attached hydrogen (secondary N) is 2. The fourth-order valence-electron chi connectivity index (χ4n) is 2.10. The van der Waals surface area contributed by atoms with Gasteiger partial charge in [0.05, 0.1) is 6.54 Å². The Hall–Kier alpha value is -3.27. The van der Waals surface area contributed by atoms with Gasteiger partial charge in [-0.05, 0) is 22.6 Å². The van der Waals surface area contributed by atoms with Gasteiger partial charge in [0.1, 0.15) is 5.82 Å². The molecule has 0 saturated carbocycles. The molecule has 1 aromatic carbocycles. The molecule has 11 heteroatoms. The maximum atomic E-state index is 13.2. The van der Waals surface area contributed by atoms with Crippen LogP contribution in [0.3, 0.4) is 0 Å². The van der Waals surface area contributed by atoms with Crippen LogP contribution < -0.4 is 5.32 Å². The summed E-state index contributed by atoms with van der Waals surface area (Å²) in [7, 11) is 0. The van der Waals surface area contributed by atoms with E-state index >= 15 is 0 Å². The number of carbonyl (C=O) groups excluding carboxylic acids is 1. The Kier molecular flexibility index (Phi) is 4.44. The number of anilines is 1. The molecule has 1 amide bonds. The number of rotatable bonds is 5. The molecule has 0 radical (unpaired) electrons. The highest BCUT2D eigenvalue weighted by atomic mass is 35.5. The summed E-state index contributed by atoms with van der Waals surface area (Å²) < 4.78 is 14.7. The highest BCUT2D eigenvalue weighted by Gasteiger charge is 2.25. The van der Waals surface area contributed by atoms with Crippen LogP contribution in [0.2, 0.25) is 5.02 Å². The summed E-state index contributed by atoms with van der Waals surface area (Å²) in [6, 6.07) is 7.56. The number of aromatic nitrogens is 4. The summed E-state index contributed by atoms with van der Waals surface area (Å²) in [6.45, 7) is 0.308. The van der Waals surface area contributed by atoms with E-state index in [1.807, 2.05) is 0 Å². The first-order valence-electron chi connectivity index (χ1n) is 6.91. The van der Waals surface area contributed by atoms with E-state index in [0.717, 1.165) is 0 Å². The van der Waals surface area contributed by atoms with E-state index in [0.29, 0.717) is 12.1 Å². The summed E-state index contributed by atoms with van der Waals surface area (Å²) in [6.07, 6.45) is 1.59. The Morgan fingerprint density at radius 2 is 2.24 bits per heavy atom. The van der Waals surface area contributed by atoms with Crippen molar-refractivity contribution in [2.75, 3.05) is 5.32 Å². The Morgan fingerprint density at radius 3 is 2.92 bits per heavy atom. The van der Waals surface area contributed by atoms with Gasteiger partial charge in [0, 0.05) is 12.3 Å². The van der Waals surface area contributed by atoms with Gasteiger partial charge in [-0.25, -0.2) is 4.39 Å². The number of nitrogens with zero attached hydrogens (tertiary/aromatic N) is 4. The maximum Gasteiger partial charge on any atom is 0.362 e. The Morgan fingerprint density at radius 1 is 1.44 bits per heavy atom. The average Bonchev–Trinajstić information content (AvgIpc) is 3.14. The third kappa shape index (κ3) is 3.63. The summed E-state index contributed by atoms with van der Waals surface area (Å²) in [5.41, 5.74) is 0.389. The average molecular weight is 365 g/mol. The minimum atomic E-state index is -0.778. The van der Waals surface area contributed by atoms with Crippen LogP contribution in [0.4, 0.5) is 16.0 Å². The van der Waals surface area contributed by atoms with Gasteiger partial charge in [0.25, 0.3) is 5.91 Å². The highest BCUT2D eigenvalue weighted by molar-refractivity contribution is 6.35. The van der Waals surface area contributed by atoms with E-state index < -0.39 is 16.6 Å². The SMILES string of the molecule is O=C(Nc1ccn(Cc2cccc(F)c2)n1)c1n[nH]c([N+](=O)[O-])c1Cl. The van der Waals surface area contributed by atoms with E-state index in [9.17, 15) is 19.3 Å². The van der Waals surface area contributed by atoms with Gasteiger partial charge in [-0.3, -0.25) is 9.48 Å². The van der Waals surface area contributed by atoms with Crippen molar-refractivity contribution < 1.29 is 14.1 Å². The largest absolute Gasteiger partial charge is 0.362 e. The van der Waals surface area contributed by atoms with Crippen molar-refractivity contribution in [3.05, 3.63) is 68.7 Å². The number of aromatic amines is 1. The van der Waals surface area contributed by atoms with Gasteiger partial charge in [0.15, 0.2) is 16.5 Å². The Bertz CT molecular complexity index is 954. The van der Waals surface area contributed by atoms with Crippen molar-refractivity contribution in [1.29, 1.82) is 0 Å². The van der Waals surface area contributed by atoms with Crippen molar-refractivity contribution >= 4 is 29.1 Å². The molecule has 3 aromatic rings. The molecule has 128 valence electrons. The molecule has 0 fully saturated rings. The molecule has 2 heterocycles. The first-order valence-corrected chi connectivity index (χ1v) is 7.29. The van der Waals surface area contributed by atoms with Crippen LogP contribution in [0, 0.1) is 15.9 Å². The van der Waals surface area contributed by atoms with Crippen LogP contribution in [0.1, 0.15) is 16.1 Å². The number of nitro groups is 1. The molecule has 3 rings (SSSR count). The van der Waals surface area contributed by atoms with Gasteiger partial charge in [0.2, 0.25) is 0 Å². The standard InChI is InChI=1S/C14H10ClFN6O3/c15-11-12(18-19-13(11)22(24)25)14(23)17-10-4-5-21(20-10)7-8-2-1-3-9(16)6-8/h1-6H,7H2,(H,18,19)(H,17,20,23). The molecule has 0 aliphatic heterocycles. The van der Waals surface area contributed by atoms with Gasteiger partial charge in [-0.1, -0.05) is 28.8 Å². The van der Waals surface area contributed by atoms with E-state index in [1.54, 1.807) is 18.3 Å². The number of carbonyl (C=O) groups is 1. The van der Waals surface area contributed by atoms with Gasteiger partial charge < -0.3 is 15.4 Å². The van der Waals surface area contributed by atoms with Crippen molar-refractivity contribution in [3.63, 3.8) is 0 Å². The summed E-state index contributed by atoms with van der Waals surface area (Å²) >= 11 is 5.75. The second-order valence-corrected chi connectivity index (χ2v) is 5.35. The number of hydrogen-bond acceptors (Lipinski definition) is 5. The first kappa shape index (κ1) is 16.6. The van der Waals surface area contributed by atoms with Gasteiger partial charge in [-0.15, -0.1) is 5.10 Å². The molecule has 0 saturated heterocycles. The lowest BCUT2D eigenvalue weighted by atomic mass is 10.2. The number of H-pyrrole nitrogens is 1. The fraction of sp³-hybridized carbons (Fsp3) is 0.0714. The molecule has 25 heavy (non-hydrogen) atoms. The molecule has 0 unspecified atom stereocenters. The lowest BCUT2D eigenvalue weighted by molar-refractivity contribution is -0.389. The van der Waals surface area contributed by atoms with Crippen LogP contribution in [0.15, 0.2) is 36.5 Å². The minimum absolute atomic E-state index is 0.197. The molecule has 0 atom stereocenters. The van der Waals surface area contributed by atoms with Crippen molar-refractivity contribution in [2.45, 2.75) is 6.54 Å². The predicted octanol–water partition coefficient (Wildman–Crippen LogP) is 2.61. The Labute approximate surface area is 144 Å². The number of halogens is 2. The summed E-state index contributed by atoms with van der Waals surface area (Å²) in [5.74, 6) is -1.47. The zero-order chi connectivity index (χ0) is 18.0. The number of amides is 1. The van der Waals surface area contributed by atoms with E-state index in [2.05, 4.69) is 20.6 Å². The zero-order valence-electron chi connectivity index (χ0n) is 12.4. The molecule has 0 aliphatic carbocycles. The second-order valence-electron chi connectivity index (χ2n) is 4.97. The van der Waals surface area contributed by atoms with E-state index in [-0.39, 0.29) is 22.4 Å². The maximum absolute atomic E-state index is 13.2. The smallest absolute Gasteiger partial charge is 0.358 e. The lowest BCUT2D eigenvalue weighted by Crippen LogP contribution is -2.14. The van der Waals surface area contributed by atoms with Crippen molar-refractivity contribution in [1.82, 2.24) is 20.0 Å². The third-order valence-electron chi connectivity index (χ3n) is 3.20. The third-order valence-corrected chi connectivity index (χ3v) is 3.56. The summed E-state index contributed by atoms with van der Waals surface area (Å²) in [4.78, 5) is 22.0. The summed E-state index contributed by atoms with van der Waals surface area (Å²) in [5, 5.41) is 22.5. The monoisotopic (exact) mass is 364 g/mol. The zero-order valence-corrected chi connectivity index (χ0v) is 13.2. The molecule has 0 bridgehead atoms. The normalized spacial score (nSPS) is 10.6. The second kappa shape index (κ2) is 6.69. The minimum Gasteiger partial charge on any atom is -0.358 e. The number of benzene rings is 1. The van der Waals surface area contributed by atoms with Crippen molar-refractivity contribution in [2.24, 2.45) is 0 Å². The molecule has 0 aliphatic rings. The number of hydrogen-bond donors (Lipinski definition) is 2. The van der Waals surface area contributed by atoms with Gasteiger partial charge in [-0.2, -0.15) is 5.10 Å². The predicted molar refractivity (Wildman–Crippen MR) is 85.9 cm³/mol. The molecule has 0 spiro atoms. The van der Waals surface area contributed by atoms with Crippen LogP contribution in [-0.4, -0.2) is 30.8 Å². The van der Waals surface area contributed by atoms with E-state index in [4.69, 9.17) is 11.6 Å². The van der Waals surface area contributed by atoms with Crippen LogP contribution >= 0.6 is 11.6 Å². The van der Waals surface area contributed by atoms with Crippen LogP contribution in [0.5, 0.6) is 0 Å². The van der Waals surface area contributed by atoms with Crippen molar-refractivity contribution in [3.8, 4) is 0 Å². The van der Waals surface area contributed by atoms with Gasteiger partial charge >= 0.3 is 5.82 Å². The topological polar surface area (TPSA) is 119 Å². The first-order chi connectivity index (χ1) is 11.9. The molecular weight excluding hydrogens is 355 g/mol. The molecule has 2 aromatic heterocycles. The quantitative estimate of drug-likeness (QED) is 0.532. The fourth-order valence-corrected chi connectivity index (χ4v) is 2.34. The highest BCUT2D eigenvalue weighted by Crippen LogP contribution is 2.25. The van der Waals surface area contributed by atoms with Crippen LogP contribution in [-0.2, 0) is 6.54 Å². The molecule has 2 N–H and O–H groups in total. The Balaban J connectivity index is 1.71. The van der Waals surface area contributed by atoms with Crippen LogP contribution in [0.25, 0.3) is 0 Å². The lowest BCUT2D eigenvalue weighted by Gasteiger charge is -2.02. The molecular formula is C14H10ClFN6O3. The van der Waals surface area contributed by atoms with E-state index in [1.165, 1.54) is 22.9 Å².